The molecule has 2 amide bonds. The first-order valence-corrected chi connectivity index (χ1v) is 6.04. The number of nitrogens with one attached hydrogen (secondary N) is 1. The molecule has 4 nitrogen and oxygen atoms in total. The Morgan fingerprint density at radius 2 is 1.86 bits per heavy atom. The number of carbonyl (C=O) groups excluding carboxylic acids is 2. The predicted octanol–water partition coefficient (Wildman–Crippen LogP) is 2.12. The molecule has 0 aliphatic carbocycles. The summed E-state index contributed by atoms with van der Waals surface area (Å²) in [6.45, 7) is 2.25. The lowest BCUT2D eigenvalue weighted by atomic mass is 10.1. The van der Waals surface area contributed by atoms with E-state index in [1.54, 1.807) is 12.1 Å². The van der Waals surface area contributed by atoms with Crippen molar-refractivity contribution in [2.24, 2.45) is 0 Å². The first-order valence-electron chi connectivity index (χ1n) is 6.04. The predicted molar refractivity (Wildman–Crippen MR) is 71.5 cm³/mol. The number of nitrogens with zero attached hydrogens (tertiary/aromatic N) is 1. The highest BCUT2D eigenvalue weighted by Gasteiger charge is 2.31. The fraction of sp³-hybridized carbons (Fsp3) is 0.286. The molecule has 0 aromatic heterocycles. The Balaban J connectivity index is 2.66. The van der Waals surface area contributed by atoms with Crippen LogP contribution in [-0.4, -0.2) is 36.5 Å². The molecule has 0 atom stereocenters. The Hall–Kier alpha value is -2.31. The number of hydrogen-bond acceptors (Lipinski definition) is 2. The third-order valence-corrected chi connectivity index (χ3v) is 2.62. The summed E-state index contributed by atoms with van der Waals surface area (Å²) in [7, 11) is 1.09. The molecule has 0 unspecified atom stereocenters. The van der Waals surface area contributed by atoms with Crippen molar-refractivity contribution in [2.45, 2.75) is 12.7 Å². The lowest BCUT2D eigenvalue weighted by Gasteiger charge is -2.19. The SMILES string of the molecule is C=CC(=O)NCc1ccc(C(=O)N(C)CC(F)(F)F)cc1. The van der Waals surface area contributed by atoms with Crippen molar-refractivity contribution in [3.8, 4) is 0 Å². The number of rotatable bonds is 5. The number of amides is 2. The van der Waals surface area contributed by atoms with Crippen LogP contribution in [0.15, 0.2) is 36.9 Å². The molecule has 114 valence electrons. The molecule has 0 saturated carbocycles. The van der Waals surface area contributed by atoms with Gasteiger partial charge in [0, 0.05) is 19.2 Å². The van der Waals surface area contributed by atoms with Crippen LogP contribution in [0.3, 0.4) is 0 Å². The number of alkyl halides is 3. The van der Waals surface area contributed by atoms with E-state index in [9.17, 15) is 22.8 Å². The van der Waals surface area contributed by atoms with Gasteiger partial charge in [-0.15, -0.1) is 0 Å². The highest BCUT2D eigenvalue weighted by atomic mass is 19.4. The Labute approximate surface area is 120 Å². The zero-order valence-corrected chi connectivity index (χ0v) is 11.4. The largest absolute Gasteiger partial charge is 0.406 e. The van der Waals surface area contributed by atoms with Gasteiger partial charge in [-0.1, -0.05) is 18.7 Å². The molecule has 1 rings (SSSR count). The maximum Gasteiger partial charge on any atom is 0.406 e. The van der Waals surface area contributed by atoms with Crippen molar-refractivity contribution in [1.29, 1.82) is 0 Å². The van der Waals surface area contributed by atoms with E-state index in [4.69, 9.17) is 0 Å². The van der Waals surface area contributed by atoms with Crippen LogP contribution < -0.4 is 5.32 Å². The van der Waals surface area contributed by atoms with Crippen LogP contribution in [0, 0.1) is 0 Å². The average Bonchev–Trinajstić information content (AvgIpc) is 2.42. The second-order valence-electron chi connectivity index (χ2n) is 4.40. The van der Waals surface area contributed by atoms with Crippen LogP contribution in [0.2, 0.25) is 0 Å². The Bertz CT molecular complexity index is 524. The van der Waals surface area contributed by atoms with E-state index in [0.717, 1.165) is 18.7 Å². The summed E-state index contributed by atoms with van der Waals surface area (Å²) in [5.41, 5.74) is 0.876. The molecule has 0 heterocycles. The quantitative estimate of drug-likeness (QED) is 0.847. The lowest BCUT2D eigenvalue weighted by Crippen LogP contribution is -2.35. The molecule has 0 spiro atoms. The number of carbonyl (C=O) groups is 2. The van der Waals surface area contributed by atoms with E-state index in [1.807, 2.05) is 0 Å². The molecular formula is C14H15F3N2O2. The summed E-state index contributed by atoms with van der Waals surface area (Å²) < 4.78 is 36.6. The highest BCUT2D eigenvalue weighted by molar-refractivity contribution is 5.94. The van der Waals surface area contributed by atoms with Gasteiger partial charge in [-0.25, -0.2) is 0 Å². The highest BCUT2D eigenvalue weighted by Crippen LogP contribution is 2.17. The second-order valence-corrected chi connectivity index (χ2v) is 4.40. The van der Waals surface area contributed by atoms with Gasteiger partial charge in [0.1, 0.15) is 6.54 Å². The summed E-state index contributed by atoms with van der Waals surface area (Å²) >= 11 is 0. The van der Waals surface area contributed by atoms with E-state index in [2.05, 4.69) is 11.9 Å². The van der Waals surface area contributed by atoms with Crippen LogP contribution in [-0.2, 0) is 11.3 Å². The fourth-order valence-electron chi connectivity index (χ4n) is 1.59. The van der Waals surface area contributed by atoms with Gasteiger partial charge < -0.3 is 10.2 Å². The topological polar surface area (TPSA) is 49.4 Å². The van der Waals surface area contributed by atoms with E-state index in [0.29, 0.717) is 4.90 Å². The number of benzene rings is 1. The first-order chi connectivity index (χ1) is 9.73. The van der Waals surface area contributed by atoms with Crippen molar-refractivity contribution in [2.75, 3.05) is 13.6 Å². The zero-order valence-electron chi connectivity index (χ0n) is 11.4. The Kier molecular flexibility index (Phi) is 5.52. The molecule has 1 aromatic carbocycles. The maximum atomic E-state index is 12.2. The van der Waals surface area contributed by atoms with Crippen LogP contribution in [0.25, 0.3) is 0 Å². The molecule has 0 fully saturated rings. The summed E-state index contributed by atoms with van der Waals surface area (Å²) in [5, 5.41) is 2.55. The van der Waals surface area contributed by atoms with Gasteiger partial charge in [-0.05, 0) is 23.8 Å². The van der Waals surface area contributed by atoms with Gasteiger partial charge in [0.2, 0.25) is 5.91 Å². The number of hydrogen-bond donors (Lipinski definition) is 1. The molecule has 7 heteroatoms. The normalized spacial score (nSPS) is 10.9. The van der Waals surface area contributed by atoms with Gasteiger partial charge >= 0.3 is 6.18 Å². The third kappa shape index (κ3) is 5.68. The molecule has 0 radical (unpaired) electrons. The van der Waals surface area contributed by atoms with E-state index in [-0.39, 0.29) is 18.0 Å². The molecule has 1 N–H and O–H groups in total. The van der Waals surface area contributed by atoms with Gasteiger partial charge in [-0.3, -0.25) is 9.59 Å². The van der Waals surface area contributed by atoms with Crippen molar-refractivity contribution in [3.63, 3.8) is 0 Å². The molecule has 0 aliphatic rings. The molecular weight excluding hydrogens is 285 g/mol. The minimum absolute atomic E-state index is 0.153. The Morgan fingerprint density at radius 3 is 2.33 bits per heavy atom. The summed E-state index contributed by atoms with van der Waals surface area (Å²) in [6, 6.07) is 5.98. The average molecular weight is 300 g/mol. The van der Waals surface area contributed by atoms with Crippen molar-refractivity contribution >= 4 is 11.8 Å². The van der Waals surface area contributed by atoms with Gasteiger partial charge in [0.05, 0.1) is 0 Å². The van der Waals surface area contributed by atoms with Gasteiger partial charge in [-0.2, -0.15) is 13.2 Å². The minimum Gasteiger partial charge on any atom is -0.348 e. The van der Waals surface area contributed by atoms with E-state index < -0.39 is 18.6 Å². The van der Waals surface area contributed by atoms with Gasteiger partial charge in [0.25, 0.3) is 5.91 Å². The molecule has 0 saturated heterocycles. The maximum absolute atomic E-state index is 12.2. The smallest absolute Gasteiger partial charge is 0.348 e. The first kappa shape index (κ1) is 16.7. The fourth-order valence-corrected chi connectivity index (χ4v) is 1.59. The van der Waals surface area contributed by atoms with Crippen molar-refractivity contribution in [1.82, 2.24) is 10.2 Å². The van der Waals surface area contributed by atoms with E-state index >= 15 is 0 Å². The van der Waals surface area contributed by atoms with Crippen molar-refractivity contribution in [3.05, 3.63) is 48.0 Å². The molecule has 0 aliphatic heterocycles. The standard InChI is InChI=1S/C14H15F3N2O2/c1-3-12(20)18-8-10-4-6-11(7-5-10)13(21)19(2)9-14(15,16)17/h3-7H,1,8-9H2,2H3,(H,18,20). The third-order valence-electron chi connectivity index (χ3n) is 2.62. The van der Waals surface area contributed by atoms with Gasteiger partial charge in [0.15, 0.2) is 0 Å². The molecule has 21 heavy (non-hydrogen) atoms. The lowest BCUT2D eigenvalue weighted by molar-refractivity contribution is -0.138. The number of halogens is 3. The molecule has 1 aromatic rings. The molecule has 0 bridgehead atoms. The summed E-state index contributed by atoms with van der Waals surface area (Å²) in [5.74, 6) is -1.05. The monoisotopic (exact) mass is 300 g/mol. The van der Waals surface area contributed by atoms with Crippen LogP contribution in [0.5, 0.6) is 0 Å². The van der Waals surface area contributed by atoms with E-state index in [1.165, 1.54) is 12.1 Å². The van der Waals surface area contributed by atoms with Crippen LogP contribution in [0.4, 0.5) is 13.2 Å². The van der Waals surface area contributed by atoms with Crippen LogP contribution >= 0.6 is 0 Å². The Morgan fingerprint density at radius 1 is 1.29 bits per heavy atom. The van der Waals surface area contributed by atoms with Crippen LogP contribution in [0.1, 0.15) is 15.9 Å². The second kappa shape index (κ2) is 6.92. The van der Waals surface area contributed by atoms with Crippen molar-refractivity contribution < 1.29 is 22.8 Å². The summed E-state index contributed by atoms with van der Waals surface area (Å²) in [6.07, 6.45) is -3.30. The summed E-state index contributed by atoms with van der Waals surface area (Å²) in [4.78, 5) is 23.4. The minimum atomic E-state index is -4.43. The zero-order chi connectivity index (χ0) is 16.0.